The minimum atomic E-state index is -1.02. The SMILES string of the molecule is [B]OC(=O)CNC(=O)c1ccc2c(c1C)B(O)OC2. The Balaban J connectivity index is 2.20. The quantitative estimate of drug-likeness (QED) is 0.650. The maximum absolute atomic E-state index is 11.9. The van der Waals surface area contributed by atoms with E-state index < -0.39 is 19.0 Å². The third-order valence-electron chi connectivity index (χ3n) is 3.02. The van der Waals surface area contributed by atoms with Gasteiger partial charge in [0.05, 0.1) is 6.61 Å². The van der Waals surface area contributed by atoms with Gasteiger partial charge in [0.2, 0.25) is 0 Å². The van der Waals surface area contributed by atoms with Gasteiger partial charge in [0.25, 0.3) is 5.91 Å². The molecule has 2 N–H and O–H groups in total. The number of amides is 1. The van der Waals surface area contributed by atoms with Crippen LogP contribution in [-0.4, -0.2) is 38.6 Å². The standard InChI is InChI=1S/C11H11B2NO5/c1-6-8(11(16)14-4-9(15)19-12)3-2-7-5-18-13(17)10(6)7/h2-3,17H,4-5H2,1H3,(H,14,16). The van der Waals surface area contributed by atoms with Gasteiger partial charge in [0, 0.05) is 5.56 Å². The molecule has 0 atom stereocenters. The van der Waals surface area contributed by atoms with Crippen molar-refractivity contribution in [2.45, 2.75) is 13.5 Å². The van der Waals surface area contributed by atoms with Crippen LogP contribution in [0.2, 0.25) is 0 Å². The Morgan fingerprint density at radius 1 is 1.58 bits per heavy atom. The minimum absolute atomic E-state index is 0.315. The highest BCUT2D eigenvalue weighted by Crippen LogP contribution is 2.16. The molecule has 0 bridgehead atoms. The van der Waals surface area contributed by atoms with Crippen molar-refractivity contribution in [2.24, 2.45) is 0 Å². The zero-order valence-corrected chi connectivity index (χ0v) is 10.3. The van der Waals surface area contributed by atoms with Crippen LogP contribution in [0.4, 0.5) is 0 Å². The van der Waals surface area contributed by atoms with Gasteiger partial charge in [0.15, 0.2) is 0 Å². The summed E-state index contributed by atoms with van der Waals surface area (Å²) >= 11 is 0. The van der Waals surface area contributed by atoms with Gasteiger partial charge < -0.3 is 19.6 Å². The van der Waals surface area contributed by atoms with Crippen molar-refractivity contribution in [3.63, 3.8) is 0 Å². The second-order valence-electron chi connectivity index (χ2n) is 4.15. The molecule has 0 aromatic heterocycles. The molecule has 8 heteroatoms. The van der Waals surface area contributed by atoms with Gasteiger partial charge in [-0.25, -0.2) is 0 Å². The van der Waals surface area contributed by atoms with Crippen LogP contribution in [-0.2, 0) is 20.7 Å². The number of hydrogen-bond donors (Lipinski definition) is 2. The van der Waals surface area contributed by atoms with Gasteiger partial charge in [-0.15, -0.1) is 0 Å². The first-order valence-corrected chi connectivity index (χ1v) is 5.64. The predicted octanol–water partition coefficient (Wildman–Crippen LogP) is -1.43. The van der Waals surface area contributed by atoms with Crippen LogP contribution in [0, 0.1) is 6.92 Å². The highest BCUT2D eigenvalue weighted by Gasteiger charge is 2.31. The summed E-state index contributed by atoms with van der Waals surface area (Å²) in [5.74, 6) is -1.18. The Morgan fingerprint density at radius 3 is 3.00 bits per heavy atom. The topological polar surface area (TPSA) is 84.9 Å². The first-order chi connectivity index (χ1) is 9.04. The van der Waals surface area contributed by atoms with Crippen molar-refractivity contribution in [3.8, 4) is 0 Å². The van der Waals surface area contributed by atoms with Crippen LogP contribution >= 0.6 is 0 Å². The number of fused-ring (bicyclic) bond motifs is 1. The normalized spacial score (nSPS) is 13.1. The minimum Gasteiger partial charge on any atom is -0.542 e. The van der Waals surface area contributed by atoms with E-state index in [1.54, 1.807) is 19.1 Å². The molecule has 1 heterocycles. The van der Waals surface area contributed by atoms with E-state index in [2.05, 4.69) is 18.0 Å². The highest BCUT2D eigenvalue weighted by atomic mass is 16.5. The van der Waals surface area contributed by atoms with Gasteiger partial charge in [-0.05, 0) is 29.6 Å². The molecule has 1 aromatic rings. The summed E-state index contributed by atoms with van der Waals surface area (Å²) in [6.45, 7) is 1.72. The average Bonchev–Trinajstić information content (AvgIpc) is 2.78. The Hall–Kier alpha value is -1.79. The van der Waals surface area contributed by atoms with E-state index in [0.717, 1.165) is 5.56 Å². The molecule has 0 saturated heterocycles. The summed E-state index contributed by atoms with van der Waals surface area (Å²) in [4.78, 5) is 22.8. The lowest BCUT2D eigenvalue weighted by atomic mass is 9.75. The average molecular weight is 259 g/mol. The summed E-state index contributed by atoms with van der Waals surface area (Å²) in [6, 6.07) is 3.34. The van der Waals surface area contributed by atoms with E-state index in [-0.39, 0.29) is 6.54 Å². The zero-order valence-electron chi connectivity index (χ0n) is 10.3. The summed E-state index contributed by atoms with van der Waals surface area (Å²) in [5, 5.41) is 12.1. The van der Waals surface area contributed by atoms with Crippen LogP contribution in [0.1, 0.15) is 21.5 Å². The number of hydrogen-bond acceptors (Lipinski definition) is 5. The van der Waals surface area contributed by atoms with Crippen molar-refractivity contribution >= 4 is 32.5 Å². The van der Waals surface area contributed by atoms with Gasteiger partial charge >= 0.3 is 21.1 Å². The van der Waals surface area contributed by atoms with Crippen LogP contribution in [0.15, 0.2) is 12.1 Å². The van der Waals surface area contributed by atoms with Crippen LogP contribution in [0.25, 0.3) is 0 Å². The van der Waals surface area contributed by atoms with Crippen molar-refractivity contribution < 1.29 is 23.9 Å². The number of nitrogens with one attached hydrogen (secondary N) is 1. The van der Waals surface area contributed by atoms with E-state index in [1.165, 1.54) is 0 Å². The van der Waals surface area contributed by atoms with Gasteiger partial charge in [0.1, 0.15) is 6.54 Å². The molecular weight excluding hydrogens is 248 g/mol. The maximum atomic E-state index is 11.9. The first kappa shape index (κ1) is 13.6. The summed E-state index contributed by atoms with van der Waals surface area (Å²) < 4.78 is 9.03. The zero-order chi connectivity index (χ0) is 14.0. The highest BCUT2D eigenvalue weighted by molar-refractivity contribution is 6.62. The summed E-state index contributed by atoms with van der Waals surface area (Å²) in [6.07, 6.45) is 0. The molecule has 2 radical (unpaired) electrons. The van der Waals surface area contributed by atoms with Crippen molar-refractivity contribution in [1.82, 2.24) is 5.32 Å². The Labute approximate surface area is 111 Å². The fourth-order valence-electron chi connectivity index (χ4n) is 2.04. The third kappa shape index (κ3) is 2.64. The van der Waals surface area contributed by atoms with Crippen molar-refractivity contribution in [3.05, 3.63) is 28.8 Å². The lowest BCUT2D eigenvalue weighted by Crippen LogP contribution is -2.35. The predicted molar refractivity (Wildman–Crippen MR) is 67.8 cm³/mol. The van der Waals surface area contributed by atoms with Gasteiger partial charge in [-0.3, -0.25) is 9.59 Å². The largest absolute Gasteiger partial charge is 0.542 e. The van der Waals surface area contributed by atoms with Gasteiger partial charge in [-0.1, -0.05) is 6.07 Å². The number of carbonyl (C=O) groups excluding carboxylic acids is 2. The monoisotopic (exact) mass is 259 g/mol. The second-order valence-corrected chi connectivity index (χ2v) is 4.15. The fourth-order valence-corrected chi connectivity index (χ4v) is 2.04. The summed E-state index contributed by atoms with van der Waals surface area (Å²) in [7, 11) is 3.65. The van der Waals surface area contributed by atoms with Crippen LogP contribution in [0.3, 0.4) is 0 Å². The van der Waals surface area contributed by atoms with E-state index >= 15 is 0 Å². The third-order valence-corrected chi connectivity index (χ3v) is 3.02. The maximum Gasteiger partial charge on any atom is 0.492 e. The molecule has 19 heavy (non-hydrogen) atoms. The van der Waals surface area contributed by atoms with E-state index in [1.807, 2.05) is 0 Å². The lowest BCUT2D eigenvalue weighted by Gasteiger charge is -2.10. The van der Waals surface area contributed by atoms with Crippen LogP contribution in [0.5, 0.6) is 0 Å². The molecule has 0 spiro atoms. The summed E-state index contributed by atoms with van der Waals surface area (Å²) in [5.41, 5.74) is 2.45. The lowest BCUT2D eigenvalue weighted by molar-refractivity contribution is -0.132. The molecule has 1 aliphatic heterocycles. The van der Waals surface area contributed by atoms with Gasteiger partial charge in [-0.2, -0.15) is 0 Å². The second kappa shape index (κ2) is 5.46. The van der Waals surface area contributed by atoms with Crippen LogP contribution < -0.4 is 10.8 Å². The molecule has 1 amide bonds. The molecule has 2 rings (SSSR count). The Morgan fingerprint density at radius 2 is 2.32 bits per heavy atom. The number of rotatable bonds is 3. The molecular formula is C11H11B2NO5. The molecule has 0 unspecified atom stereocenters. The molecule has 96 valence electrons. The Kier molecular flexibility index (Phi) is 3.92. The Bertz CT molecular complexity index is 534. The molecule has 1 aliphatic rings. The first-order valence-electron chi connectivity index (χ1n) is 5.64. The van der Waals surface area contributed by atoms with E-state index in [4.69, 9.17) is 4.65 Å². The molecule has 0 aliphatic carbocycles. The van der Waals surface area contributed by atoms with Crippen molar-refractivity contribution in [2.75, 3.05) is 6.54 Å². The molecule has 6 nitrogen and oxygen atoms in total. The van der Waals surface area contributed by atoms with E-state index in [0.29, 0.717) is 23.2 Å². The fraction of sp³-hybridized carbons (Fsp3) is 0.273. The number of carbonyl (C=O) groups is 2. The smallest absolute Gasteiger partial charge is 0.492 e. The van der Waals surface area contributed by atoms with E-state index in [9.17, 15) is 14.6 Å². The molecule has 0 fully saturated rings. The molecule has 0 saturated carbocycles. The number of benzene rings is 1. The molecule has 1 aromatic carbocycles. The van der Waals surface area contributed by atoms with Crippen molar-refractivity contribution in [1.29, 1.82) is 0 Å².